The number of carbonyl (C=O) groups excluding carboxylic acids is 1. The van der Waals surface area contributed by atoms with Gasteiger partial charge in [-0.3, -0.25) is 4.79 Å². The quantitative estimate of drug-likeness (QED) is 0.395. The first-order chi connectivity index (χ1) is 13.9. The Hall–Kier alpha value is -3.17. The maximum atomic E-state index is 11.5. The number of ether oxygens (including phenoxy) is 1. The summed E-state index contributed by atoms with van der Waals surface area (Å²) in [7, 11) is 0. The molecule has 0 spiro atoms. The second-order valence-electron chi connectivity index (χ2n) is 6.73. The van der Waals surface area contributed by atoms with Crippen molar-refractivity contribution in [3.8, 4) is 11.5 Å². The van der Waals surface area contributed by atoms with Gasteiger partial charge in [0, 0.05) is 12.5 Å². The van der Waals surface area contributed by atoms with Gasteiger partial charge in [-0.25, -0.2) is 4.85 Å². The van der Waals surface area contributed by atoms with Crippen molar-refractivity contribution in [1.29, 1.82) is 0 Å². The summed E-state index contributed by atoms with van der Waals surface area (Å²) in [5.41, 5.74) is 2.95. The van der Waals surface area contributed by atoms with Gasteiger partial charge in [0.05, 0.1) is 17.5 Å². The molecule has 0 aliphatic carbocycles. The third kappa shape index (κ3) is 4.64. The van der Waals surface area contributed by atoms with Crippen LogP contribution in [0.4, 0.5) is 5.69 Å². The minimum Gasteiger partial charge on any atom is -0.462 e. The Labute approximate surface area is 174 Å². The molecule has 3 rings (SSSR count). The van der Waals surface area contributed by atoms with E-state index in [1.54, 1.807) is 13.0 Å². The lowest BCUT2D eigenvalue weighted by atomic mass is 9.92. The average molecular weight is 410 g/mol. The van der Waals surface area contributed by atoms with Crippen molar-refractivity contribution in [1.82, 2.24) is 10.2 Å². The maximum absolute atomic E-state index is 11.5. The van der Waals surface area contributed by atoms with Gasteiger partial charge in [-0.15, -0.1) is 10.2 Å². The molecule has 2 aromatic carbocycles. The summed E-state index contributed by atoms with van der Waals surface area (Å²) in [6, 6.07) is 13.0. The Morgan fingerprint density at radius 1 is 1.24 bits per heavy atom. The molecule has 0 unspecified atom stereocenters. The summed E-state index contributed by atoms with van der Waals surface area (Å²) in [5, 5.41) is 8.79. The first-order valence-corrected chi connectivity index (χ1v) is 9.50. The van der Waals surface area contributed by atoms with E-state index in [2.05, 4.69) is 15.0 Å². The van der Waals surface area contributed by atoms with Crippen LogP contribution >= 0.6 is 11.6 Å². The van der Waals surface area contributed by atoms with Gasteiger partial charge in [0.15, 0.2) is 0 Å². The fourth-order valence-corrected chi connectivity index (χ4v) is 3.36. The third-order valence-corrected chi connectivity index (χ3v) is 5.21. The van der Waals surface area contributed by atoms with Crippen LogP contribution in [0.5, 0.6) is 0 Å². The lowest BCUT2D eigenvalue weighted by Crippen LogP contribution is -2.24. The number of benzene rings is 2. The van der Waals surface area contributed by atoms with Crippen LogP contribution in [-0.4, -0.2) is 22.3 Å². The molecule has 0 saturated carbocycles. The summed E-state index contributed by atoms with van der Waals surface area (Å²) < 4.78 is 11.3. The van der Waals surface area contributed by atoms with Crippen molar-refractivity contribution in [3.63, 3.8) is 0 Å². The Morgan fingerprint density at radius 2 is 1.97 bits per heavy atom. The van der Waals surface area contributed by atoms with E-state index in [9.17, 15) is 4.79 Å². The number of nitrogens with zero attached hydrogens (tertiary/aromatic N) is 3. The van der Waals surface area contributed by atoms with E-state index in [4.69, 9.17) is 27.3 Å². The topological polar surface area (TPSA) is 69.6 Å². The summed E-state index contributed by atoms with van der Waals surface area (Å²) in [4.78, 5) is 15.0. The number of aromatic nitrogens is 2. The molecule has 0 aliphatic rings. The van der Waals surface area contributed by atoms with Crippen LogP contribution in [0.3, 0.4) is 0 Å². The zero-order chi connectivity index (χ0) is 21.0. The molecular formula is C22H20ClN3O3. The highest BCUT2D eigenvalue weighted by Crippen LogP contribution is 2.34. The van der Waals surface area contributed by atoms with Crippen molar-refractivity contribution in [2.45, 2.75) is 39.2 Å². The smallest absolute Gasteiger partial charge is 0.302 e. The molecule has 7 heteroatoms. The first kappa shape index (κ1) is 20.6. The summed E-state index contributed by atoms with van der Waals surface area (Å²) in [6.07, 6.45) is -0.0235. The molecule has 29 heavy (non-hydrogen) atoms. The third-order valence-electron chi connectivity index (χ3n) is 4.74. The zero-order valence-corrected chi connectivity index (χ0v) is 17.1. The van der Waals surface area contributed by atoms with Gasteiger partial charge < -0.3 is 9.15 Å². The van der Waals surface area contributed by atoms with E-state index < -0.39 is 6.10 Å². The highest BCUT2D eigenvalue weighted by molar-refractivity contribution is 6.34. The van der Waals surface area contributed by atoms with E-state index >= 15 is 0 Å². The Kier molecular flexibility index (Phi) is 6.30. The molecule has 2 atom stereocenters. The maximum Gasteiger partial charge on any atom is 0.302 e. The van der Waals surface area contributed by atoms with Crippen molar-refractivity contribution in [3.05, 3.63) is 75.9 Å². The Morgan fingerprint density at radius 3 is 2.62 bits per heavy atom. The normalized spacial score (nSPS) is 12.8. The van der Waals surface area contributed by atoms with E-state index in [1.807, 2.05) is 43.3 Å². The molecule has 0 amide bonds. The van der Waals surface area contributed by atoms with Crippen LogP contribution in [0.15, 0.2) is 46.9 Å². The molecule has 1 heterocycles. The summed E-state index contributed by atoms with van der Waals surface area (Å²) in [6.45, 7) is 12.2. The summed E-state index contributed by atoms with van der Waals surface area (Å²) in [5.74, 6) is 0.0296. The highest BCUT2D eigenvalue weighted by Gasteiger charge is 2.29. The van der Waals surface area contributed by atoms with Gasteiger partial charge in [-0.2, -0.15) is 0 Å². The highest BCUT2D eigenvalue weighted by atomic mass is 35.5. The minimum atomic E-state index is -0.490. The Bertz CT molecular complexity index is 1060. The standard InChI is InChI=1S/C22H20ClN3O3/c1-13-17(10-11-19(24-4)20(13)23)12-18(14(2)28-15(3)27)22-26-25-21(29-22)16-8-6-5-7-9-16/h5-11,14,18H,12H2,1-3H3/t14-,18+/m0/s1. The second-order valence-corrected chi connectivity index (χ2v) is 7.11. The second kappa shape index (κ2) is 8.89. The first-order valence-electron chi connectivity index (χ1n) is 9.12. The van der Waals surface area contributed by atoms with Crippen molar-refractivity contribution < 1.29 is 13.9 Å². The number of halogens is 1. The van der Waals surface area contributed by atoms with Crippen molar-refractivity contribution >= 4 is 23.3 Å². The minimum absolute atomic E-state index is 0.364. The molecule has 0 fully saturated rings. The SMILES string of the molecule is [C-]#[N+]c1ccc(C[C@@H](c2nnc(-c3ccccc3)o2)[C@H](C)OC(C)=O)c(C)c1Cl. The molecule has 0 bridgehead atoms. The molecule has 1 aromatic heterocycles. The van der Waals surface area contributed by atoms with Gasteiger partial charge in [-0.1, -0.05) is 41.9 Å². The lowest BCUT2D eigenvalue weighted by Gasteiger charge is -2.22. The van der Waals surface area contributed by atoms with Crippen LogP contribution in [0, 0.1) is 13.5 Å². The van der Waals surface area contributed by atoms with E-state index in [0.29, 0.717) is 28.9 Å². The van der Waals surface area contributed by atoms with E-state index in [1.165, 1.54) is 6.92 Å². The number of hydrogen-bond donors (Lipinski definition) is 0. The van der Waals surface area contributed by atoms with Crippen molar-refractivity contribution in [2.75, 3.05) is 0 Å². The molecule has 6 nitrogen and oxygen atoms in total. The average Bonchev–Trinajstić information content (AvgIpc) is 3.19. The van der Waals surface area contributed by atoms with Crippen LogP contribution < -0.4 is 0 Å². The Balaban J connectivity index is 1.96. The van der Waals surface area contributed by atoms with Gasteiger partial charge in [0.1, 0.15) is 6.10 Å². The predicted molar refractivity (Wildman–Crippen MR) is 110 cm³/mol. The van der Waals surface area contributed by atoms with Crippen molar-refractivity contribution in [2.24, 2.45) is 0 Å². The van der Waals surface area contributed by atoms with Crippen LogP contribution in [-0.2, 0) is 16.0 Å². The lowest BCUT2D eigenvalue weighted by molar-refractivity contribution is -0.146. The van der Waals surface area contributed by atoms with E-state index in [-0.39, 0.29) is 11.9 Å². The largest absolute Gasteiger partial charge is 0.462 e. The summed E-state index contributed by atoms with van der Waals surface area (Å²) >= 11 is 6.33. The molecular weight excluding hydrogens is 390 g/mol. The number of carbonyl (C=O) groups is 1. The monoisotopic (exact) mass is 409 g/mol. The van der Waals surface area contributed by atoms with Gasteiger partial charge >= 0.3 is 5.97 Å². The van der Waals surface area contributed by atoms with Gasteiger partial charge in [0.25, 0.3) is 0 Å². The number of esters is 1. The molecule has 148 valence electrons. The van der Waals surface area contributed by atoms with Crippen LogP contribution in [0.2, 0.25) is 5.02 Å². The number of hydrogen-bond acceptors (Lipinski definition) is 5. The van der Waals surface area contributed by atoms with E-state index in [0.717, 1.165) is 16.7 Å². The zero-order valence-electron chi connectivity index (χ0n) is 16.3. The van der Waals surface area contributed by atoms with Crippen LogP contribution in [0.1, 0.15) is 36.8 Å². The molecule has 3 aromatic rings. The predicted octanol–water partition coefficient (Wildman–Crippen LogP) is 5.53. The van der Waals surface area contributed by atoms with Crippen LogP contribution in [0.25, 0.3) is 16.3 Å². The number of rotatable bonds is 6. The molecule has 0 saturated heterocycles. The van der Waals surface area contributed by atoms with Gasteiger partial charge in [-0.05, 0) is 43.5 Å². The molecule has 0 radical (unpaired) electrons. The van der Waals surface area contributed by atoms with Gasteiger partial charge in [0.2, 0.25) is 17.5 Å². The fourth-order valence-electron chi connectivity index (χ4n) is 3.13. The molecule has 0 N–H and O–H groups in total. The fraction of sp³-hybridized carbons (Fsp3) is 0.273. The molecule has 0 aliphatic heterocycles.